The van der Waals surface area contributed by atoms with Crippen LogP contribution in [0.15, 0.2) is 42.6 Å². The van der Waals surface area contributed by atoms with E-state index >= 15 is 0 Å². The van der Waals surface area contributed by atoms with Gasteiger partial charge in [-0.25, -0.2) is 14.3 Å². The number of rotatable bonds is 3. The SMILES string of the molecule is CNC(=O)Nc1ccc(-c2nc(N3CCOCC3)c3cccn3n2)cc1. The second-order valence-corrected chi connectivity index (χ2v) is 5.98. The summed E-state index contributed by atoms with van der Waals surface area (Å²) < 4.78 is 7.30. The molecule has 8 nitrogen and oxygen atoms in total. The summed E-state index contributed by atoms with van der Waals surface area (Å²) in [6, 6.07) is 11.2. The van der Waals surface area contributed by atoms with E-state index in [2.05, 4.69) is 20.6 Å². The van der Waals surface area contributed by atoms with Gasteiger partial charge in [0.2, 0.25) is 0 Å². The van der Waals surface area contributed by atoms with E-state index in [0.29, 0.717) is 24.7 Å². The number of carbonyl (C=O) groups is 1. The molecule has 2 aromatic heterocycles. The molecule has 1 aliphatic rings. The minimum Gasteiger partial charge on any atom is -0.378 e. The zero-order valence-corrected chi connectivity index (χ0v) is 14.5. The molecule has 3 heterocycles. The molecule has 134 valence electrons. The maximum absolute atomic E-state index is 11.4. The Morgan fingerprint density at radius 1 is 1.15 bits per heavy atom. The van der Waals surface area contributed by atoms with Crippen molar-refractivity contribution in [2.45, 2.75) is 0 Å². The molecule has 0 radical (unpaired) electrons. The Labute approximate surface area is 150 Å². The topological polar surface area (TPSA) is 83.8 Å². The number of ether oxygens (including phenoxy) is 1. The number of nitrogens with zero attached hydrogens (tertiary/aromatic N) is 4. The Morgan fingerprint density at radius 2 is 1.92 bits per heavy atom. The van der Waals surface area contributed by atoms with Crippen LogP contribution in [0.5, 0.6) is 0 Å². The molecule has 1 fully saturated rings. The van der Waals surface area contributed by atoms with Gasteiger partial charge in [0.05, 0.1) is 13.2 Å². The second-order valence-electron chi connectivity index (χ2n) is 5.98. The summed E-state index contributed by atoms with van der Waals surface area (Å²) in [6.07, 6.45) is 1.92. The first kappa shape index (κ1) is 16.3. The smallest absolute Gasteiger partial charge is 0.318 e. The van der Waals surface area contributed by atoms with Crippen LogP contribution in [0, 0.1) is 0 Å². The van der Waals surface area contributed by atoms with Crippen molar-refractivity contribution in [3.8, 4) is 11.4 Å². The molecule has 2 N–H and O–H groups in total. The van der Waals surface area contributed by atoms with Crippen LogP contribution in [0.2, 0.25) is 0 Å². The van der Waals surface area contributed by atoms with Crippen molar-refractivity contribution >= 4 is 23.1 Å². The van der Waals surface area contributed by atoms with Crippen LogP contribution in [0.3, 0.4) is 0 Å². The van der Waals surface area contributed by atoms with Crippen molar-refractivity contribution in [2.75, 3.05) is 43.6 Å². The zero-order valence-electron chi connectivity index (χ0n) is 14.5. The molecule has 0 unspecified atom stereocenters. The zero-order chi connectivity index (χ0) is 17.9. The van der Waals surface area contributed by atoms with Gasteiger partial charge in [0.15, 0.2) is 11.6 Å². The number of hydrogen-bond donors (Lipinski definition) is 2. The summed E-state index contributed by atoms with van der Waals surface area (Å²) in [6.45, 7) is 3.02. The number of nitrogens with one attached hydrogen (secondary N) is 2. The normalized spacial score (nSPS) is 14.4. The third-order valence-corrected chi connectivity index (χ3v) is 4.31. The summed E-state index contributed by atoms with van der Waals surface area (Å²) in [5.41, 5.74) is 2.58. The number of aromatic nitrogens is 3. The number of amides is 2. The third kappa shape index (κ3) is 3.18. The highest BCUT2D eigenvalue weighted by Gasteiger charge is 2.18. The standard InChI is InChI=1S/C18H20N6O2/c1-19-18(25)20-14-6-4-13(5-7-14)16-21-17(23-9-11-26-12-10-23)15-3-2-8-24(15)22-16/h2-8H,9-12H2,1H3,(H2,19,20,25). The molecule has 8 heteroatoms. The van der Waals surface area contributed by atoms with Crippen LogP contribution in [-0.2, 0) is 4.74 Å². The van der Waals surface area contributed by atoms with Crippen molar-refractivity contribution < 1.29 is 9.53 Å². The number of urea groups is 1. The van der Waals surface area contributed by atoms with Crippen molar-refractivity contribution in [3.05, 3.63) is 42.6 Å². The van der Waals surface area contributed by atoms with Gasteiger partial charge in [-0.2, -0.15) is 0 Å². The highest BCUT2D eigenvalue weighted by molar-refractivity contribution is 5.89. The molecule has 2 amide bonds. The summed E-state index contributed by atoms with van der Waals surface area (Å²) in [5, 5.41) is 9.88. The fourth-order valence-electron chi connectivity index (χ4n) is 2.94. The van der Waals surface area contributed by atoms with Crippen molar-refractivity contribution in [1.82, 2.24) is 19.9 Å². The van der Waals surface area contributed by atoms with Crippen LogP contribution < -0.4 is 15.5 Å². The first-order chi connectivity index (χ1) is 12.7. The Bertz CT molecular complexity index is 915. The van der Waals surface area contributed by atoms with E-state index < -0.39 is 0 Å². The van der Waals surface area contributed by atoms with E-state index in [-0.39, 0.29) is 6.03 Å². The number of fused-ring (bicyclic) bond motifs is 1. The molecular formula is C18H20N6O2. The molecule has 0 spiro atoms. The van der Waals surface area contributed by atoms with E-state index in [1.54, 1.807) is 7.05 Å². The van der Waals surface area contributed by atoms with E-state index in [1.165, 1.54) is 0 Å². The van der Waals surface area contributed by atoms with Crippen LogP contribution in [0.1, 0.15) is 0 Å². The van der Waals surface area contributed by atoms with E-state index in [9.17, 15) is 4.79 Å². The summed E-state index contributed by atoms with van der Waals surface area (Å²) in [4.78, 5) is 18.4. The molecule has 1 aromatic carbocycles. The number of hydrogen-bond acceptors (Lipinski definition) is 5. The summed E-state index contributed by atoms with van der Waals surface area (Å²) in [7, 11) is 1.58. The average molecular weight is 352 g/mol. The maximum Gasteiger partial charge on any atom is 0.318 e. The van der Waals surface area contributed by atoms with Crippen molar-refractivity contribution in [3.63, 3.8) is 0 Å². The molecule has 0 atom stereocenters. The van der Waals surface area contributed by atoms with Gasteiger partial charge in [0, 0.05) is 37.6 Å². The number of morpholine rings is 1. The van der Waals surface area contributed by atoms with Gasteiger partial charge in [-0.05, 0) is 36.4 Å². The van der Waals surface area contributed by atoms with Crippen LogP contribution >= 0.6 is 0 Å². The summed E-state index contributed by atoms with van der Waals surface area (Å²) in [5.74, 6) is 1.55. The van der Waals surface area contributed by atoms with Crippen molar-refractivity contribution in [2.24, 2.45) is 0 Å². The lowest BCUT2D eigenvalue weighted by atomic mass is 10.2. The molecule has 1 aliphatic heterocycles. The fourth-order valence-corrected chi connectivity index (χ4v) is 2.94. The van der Waals surface area contributed by atoms with E-state index in [4.69, 9.17) is 9.72 Å². The Kier molecular flexibility index (Phi) is 4.40. The first-order valence-corrected chi connectivity index (χ1v) is 8.52. The highest BCUT2D eigenvalue weighted by atomic mass is 16.5. The van der Waals surface area contributed by atoms with Gasteiger partial charge < -0.3 is 20.3 Å². The minimum absolute atomic E-state index is 0.252. The van der Waals surface area contributed by atoms with Gasteiger partial charge in [-0.3, -0.25) is 0 Å². The number of carbonyl (C=O) groups excluding carboxylic acids is 1. The lowest BCUT2D eigenvalue weighted by Crippen LogP contribution is -2.37. The van der Waals surface area contributed by atoms with E-state index in [1.807, 2.05) is 47.1 Å². The average Bonchev–Trinajstić information content (AvgIpc) is 3.17. The van der Waals surface area contributed by atoms with Gasteiger partial charge in [0.1, 0.15) is 5.52 Å². The monoisotopic (exact) mass is 352 g/mol. The molecule has 26 heavy (non-hydrogen) atoms. The van der Waals surface area contributed by atoms with Gasteiger partial charge in [-0.1, -0.05) is 0 Å². The lowest BCUT2D eigenvalue weighted by molar-refractivity contribution is 0.122. The first-order valence-electron chi connectivity index (χ1n) is 8.52. The maximum atomic E-state index is 11.4. The molecule has 3 aromatic rings. The Morgan fingerprint density at radius 3 is 2.65 bits per heavy atom. The van der Waals surface area contributed by atoms with Crippen LogP contribution in [0.25, 0.3) is 16.9 Å². The molecule has 0 saturated carbocycles. The second kappa shape index (κ2) is 7.01. The molecule has 0 aliphatic carbocycles. The molecule has 0 bridgehead atoms. The van der Waals surface area contributed by atoms with Crippen molar-refractivity contribution in [1.29, 1.82) is 0 Å². The van der Waals surface area contributed by atoms with Gasteiger partial charge in [-0.15, -0.1) is 5.10 Å². The largest absolute Gasteiger partial charge is 0.378 e. The number of benzene rings is 1. The number of anilines is 2. The Balaban J connectivity index is 1.69. The fraction of sp³-hybridized carbons (Fsp3) is 0.278. The van der Waals surface area contributed by atoms with Crippen LogP contribution in [0.4, 0.5) is 16.3 Å². The molecule has 4 rings (SSSR count). The summed E-state index contributed by atoms with van der Waals surface area (Å²) >= 11 is 0. The van der Waals surface area contributed by atoms with Crippen LogP contribution in [-0.4, -0.2) is 54.0 Å². The predicted molar refractivity (Wildman–Crippen MR) is 99.5 cm³/mol. The van der Waals surface area contributed by atoms with E-state index in [0.717, 1.165) is 30.0 Å². The predicted octanol–water partition coefficient (Wildman–Crippen LogP) is 1.98. The van der Waals surface area contributed by atoms with Gasteiger partial charge in [0.25, 0.3) is 0 Å². The lowest BCUT2D eigenvalue weighted by Gasteiger charge is -2.28. The third-order valence-electron chi connectivity index (χ3n) is 4.31. The van der Waals surface area contributed by atoms with Gasteiger partial charge >= 0.3 is 6.03 Å². The highest BCUT2D eigenvalue weighted by Crippen LogP contribution is 2.25. The molecular weight excluding hydrogens is 332 g/mol. The Hall–Kier alpha value is -3.13. The minimum atomic E-state index is -0.252. The molecule has 1 saturated heterocycles. The quantitative estimate of drug-likeness (QED) is 0.753.